The van der Waals surface area contributed by atoms with E-state index >= 15 is 0 Å². The van der Waals surface area contributed by atoms with Gasteiger partial charge in [0.2, 0.25) is 11.8 Å². The van der Waals surface area contributed by atoms with Crippen LogP contribution < -0.4 is 10.6 Å². The van der Waals surface area contributed by atoms with Gasteiger partial charge in [-0.15, -0.1) is 0 Å². The van der Waals surface area contributed by atoms with Gasteiger partial charge in [-0.2, -0.15) is 0 Å². The average molecular weight is 260 g/mol. The lowest BCUT2D eigenvalue weighted by Gasteiger charge is -2.11. The van der Waals surface area contributed by atoms with Crippen molar-refractivity contribution in [1.29, 1.82) is 0 Å². The topological polar surface area (TPSA) is 58.2 Å². The van der Waals surface area contributed by atoms with Gasteiger partial charge in [-0.25, -0.2) is 0 Å². The SMILES string of the molecule is Cc1ccc(CCNC(=O)C2CCC(=O)N2)cc1C. The molecule has 1 atom stereocenters. The number of aryl methyl sites for hydroxylation is 2. The van der Waals surface area contributed by atoms with Crippen LogP contribution in [-0.4, -0.2) is 24.4 Å². The van der Waals surface area contributed by atoms with Crippen molar-refractivity contribution in [3.63, 3.8) is 0 Å². The van der Waals surface area contributed by atoms with Crippen LogP contribution in [0.15, 0.2) is 18.2 Å². The van der Waals surface area contributed by atoms with Crippen molar-refractivity contribution in [2.45, 2.75) is 39.2 Å². The number of amides is 2. The van der Waals surface area contributed by atoms with E-state index in [1.165, 1.54) is 16.7 Å². The van der Waals surface area contributed by atoms with Crippen molar-refractivity contribution in [2.24, 2.45) is 0 Å². The smallest absolute Gasteiger partial charge is 0.242 e. The minimum absolute atomic E-state index is 0.0330. The molecule has 19 heavy (non-hydrogen) atoms. The molecule has 1 unspecified atom stereocenters. The molecule has 1 aliphatic heterocycles. The maximum absolute atomic E-state index is 11.8. The quantitative estimate of drug-likeness (QED) is 0.855. The van der Waals surface area contributed by atoms with E-state index in [-0.39, 0.29) is 17.9 Å². The van der Waals surface area contributed by atoms with Gasteiger partial charge < -0.3 is 10.6 Å². The van der Waals surface area contributed by atoms with Crippen LogP contribution in [-0.2, 0) is 16.0 Å². The molecule has 1 fully saturated rings. The molecule has 0 spiro atoms. The van der Waals surface area contributed by atoms with Crippen molar-refractivity contribution < 1.29 is 9.59 Å². The maximum Gasteiger partial charge on any atom is 0.242 e. The second-order valence-corrected chi connectivity index (χ2v) is 5.12. The molecule has 1 aliphatic rings. The van der Waals surface area contributed by atoms with E-state index in [4.69, 9.17) is 0 Å². The van der Waals surface area contributed by atoms with Gasteiger partial charge in [0.15, 0.2) is 0 Å². The van der Waals surface area contributed by atoms with Crippen LogP contribution >= 0.6 is 0 Å². The highest BCUT2D eigenvalue weighted by Gasteiger charge is 2.26. The monoisotopic (exact) mass is 260 g/mol. The van der Waals surface area contributed by atoms with Crippen molar-refractivity contribution in [3.8, 4) is 0 Å². The first-order chi connectivity index (χ1) is 9.06. The van der Waals surface area contributed by atoms with Gasteiger partial charge in [0.25, 0.3) is 0 Å². The van der Waals surface area contributed by atoms with Gasteiger partial charge >= 0.3 is 0 Å². The maximum atomic E-state index is 11.8. The molecule has 0 aromatic heterocycles. The Labute approximate surface area is 113 Å². The Balaban J connectivity index is 1.78. The van der Waals surface area contributed by atoms with Crippen LogP contribution in [0.2, 0.25) is 0 Å². The lowest BCUT2D eigenvalue weighted by atomic mass is 10.0. The van der Waals surface area contributed by atoms with Crippen molar-refractivity contribution >= 4 is 11.8 Å². The molecule has 102 valence electrons. The average Bonchev–Trinajstić information content (AvgIpc) is 2.80. The van der Waals surface area contributed by atoms with E-state index in [1.807, 2.05) is 0 Å². The van der Waals surface area contributed by atoms with E-state index < -0.39 is 0 Å². The molecule has 1 aromatic rings. The van der Waals surface area contributed by atoms with Crippen LogP contribution in [0, 0.1) is 13.8 Å². The Morgan fingerprint density at radius 2 is 2.16 bits per heavy atom. The fourth-order valence-electron chi connectivity index (χ4n) is 2.22. The fraction of sp³-hybridized carbons (Fsp3) is 0.467. The molecule has 1 aromatic carbocycles. The van der Waals surface area contributed by atoms with Crippen molar-refractivity contribution in [2.75, 3.05) is 6.54 Å². The van der Waals surface area contributed by atoms with Crippen molar-refractivity contribution in [1.82, 2.24) is 10.6 Å². The Bertz CT molecular complexity index is 497. The second-order valence-electron chi connectivity index (χ2n) is 5.12. The summed E-state index contributed by atoms with van der Waals surface area (Å²) < 4.78 is 0. The van der Waals surface area contributed by atoms with Crippen LogP contribution in [0.5, 0.6) is 0 Å². The summed E-state index contributed by atoms with van der Waals surface area (Å²) in [6.07, 6.45) is 1.87. The third-order valence-electron chi connectivity index (χ3n) is 3.60. The zero-order valence-corrected chi connectivity index (χ0v) is 11.5. The molecule has 4 nitrogen and oxygen atoms in total. The first kappa shape index (κ1) is 13.6. The Morgan fingerprint density at radius 3 is 2.79 bits per heavy atom. The normalized spacial score (nSPS) is 18.2. The minimum atomic E-state index is -0.341. The van der Waals surface area contributed by atoms with Gasteiger partial charge in [0.05, 0.1) is 0 Å². The summed E-state index contributed by atoms with van der Waals surface area (Å²) in [6, 6.07) is 6.00. The first-order valence-corrected chi connectivity index (χ1v) is 6.69. The van der Waals surface area contributed by atoms with Gasteiger partial charge in [-0.1, -0.05) is 18.2 Å². The number of carbonyl (C=O) groups is 2. The summed E-state index contributed by atoms with van der Waals surface area (Å²) >= 11 is 0. The lowest BCUT2D eigenvalue weighted by molar-refractivity contribution is -0.125. The predicted octanol–water partition coefficient (Wildman–Crippen LogP) is 1.24. The molecule has 2 amide bonds. The van der Waals surface area contributed by atoms with E-state index in [1.54, 1.807) is 0 Å². The summed E-state index contributed by atoms with van der Waals surface area (Å²) in [4.78, 5) is 22.8. The highest BCUT2D eigenvalue weighted by Crippen LogP contribution is 2.10. The summed E-state index contributed by atoms with van der Waals surface area (Å²) in [5.41, 5.74) is 3.77. The zero-order chi connectivity index (χ0) is 13.8. The molecule has 2 rings (SSSR count). The lowest BCUT2D eigenvalue weighted by Crippen LogP contribution is -2.42. The number of hydrogen-bond donors (Lipinski definition) is 2. The highest BCUT2D eigenvalue weighted by atomic mass is 16.2. The Morgan fingerprint density at radius 1 is 1.37 bits per heavy atom. The van der Waals surface area contributed by atoms with E-state index in [2.05, 4.69) is 42.7 Å². The van der Waals surface area contributed by atoms with Crippen LogP contribution in [0.4, 0.5) is 0 Å². The fourth-order valence-corrected chi connectivity index (χ4v) is 2.22. The number of carbonyl (C=O) groups excluding carboxylic acids is 2. The first-order valence-electron chi connectivity index (χ1n) is 6.69. The molecule has 1 heterocycles. The van der Waals surface area contributed by atoms with Crippen LogP contribution in [0.3, 0.4) is 0 Å². The number of rotatable bonds is 4. The zero-order valence-electron chi connectivity index (χ0n) is 11.5. The predicted molar refractivity (Wildman–Crippen MR) is 73.8 cm³/mol. The molecule has 0 bridgehead atoms. The summed E-state index contributed by atoms with van der Waals surface area (Å²) in [7, 11) is 0. The molecule has 0 saturated carbocycles. The molecule has 2 N–H and O–H groups in total. The highest BCUT2D eigenvalue weighted by molar-refractivity contribution is 5.90. The number of hydrogen-bond acceptors (Lipinski definition) is 2. The molecule has 0 aliphatic carbocycles. The summed E-state index contributed by atoms with van der Waals surface area (Å²) in [5, 5.41) is 5.54. The van der Waals surface area contributed by atoms with Crippen LogP contribution in [0.25, 0.3) is 0 Å². The molecule has 1 saturated heterocycles. The summed E-state index contributed by atoms with van der Waals surface area (Å²) in [6.45, 7) is 4.78. The summed E-state index contributed by atoms with van der Waals surface area (Å²) in [5.74, 6) is -0.107. The number of nitrogens with one attached hydrogen (secondary N) is 2. The molecule has 4 heteroatoms. The van der Waals surface area contributed by atoms with Gasteiger partial charge in [0.1, 0.15) is 6.04 Å². The largest absolute Gasteiger partial charge is 0.354 e. The standard InChI is InChI=1S/C15H20N2O2/c1-10-3-4-12(9-11(10)2)7-8-16-15(19)13-5-6-14(18)17-13/h3-4,9,13H,5-8H2,1-2H3,(H,16,19)(H,17,18). The van der Waals surface area contributed by atoms with Crippen molar-refractivity contribution in [3.05, 3.63) is 34.9 Å². The van der Waals surface area contributed by atoms with E-state index in [0.29, 0.717) is 19.4 Å². The molecular weight excluding hydrogens is 240 g/mol. The Hall–Kier alpha value is -1.84. The third kappa shape index (κ3) is 3.56. The van der Waals surface area contributed by atoms with E-state index in [9.17, 15) is 9.59 Å². The van der Waals surface area contributed by atoms with Gasteiger partial charge in [-0.3, -0.25) is 9.59 Å². The molecular formula is C15H20N2O2. The Kier molecular flexibility index (Phi) is 4.20. The van der Waals surface area contributed by atoms with Gasteiger partial charge in [-0.05, 0) is 43.4 Å². The minimum Gasteiger partial charge on any atom is -0.354 e. The van der Waals surface area contributed by atoms with Crippen LogP contribution in [0.1, 0.15) is 29.5 Å². The molecule has 0 radical (unpaired) electrons. The van der Waals surface area contributed by atoms with E-state index in [0.717, 1.165) is 6.42 Å². The number of benzene rings is 1. The van der Waals surface area contributed by atoms with Gasteiger partial charge in [0, 0.05) is 13.0 Å². The third-order valence-corrected chi connectivity index (χ3v) is 3.60. The second kappa shape index (κ2) is 5.87.